The maximum atomic E-state index is 6.32. The molecular weight excluding hydrogens is 252 g/mol. The van der Waals surface area contributed by atoms with Crippen molar-refractivity contribution in [2.24, 2.45) is 10.8 Å². The highest BCUT2D eigenvalue weighted by atomic mass is 32.1. The molecule has 0 aromatic carbocycles. The first-order valence-corrected chi connectivity index (χ1v) is 8.91. The van der Waals surface area contributed by atoms with Gasteiger partial charge in [0.05, 0.1) is 12.7 Å². The molecule has 0 saturated heterocycles. The third-order valence-corrected chi connectivity index (χ3v) is 6.08. The molecule has 112 valence electrons. The van der Waals surface area contributed by atoms with Crippen LogP contribution >= 0.6 is 12.6 Å². The molecule has 2 rings (SSSR count). The van der Waals surface area contributed by atoms with Crippen LogP contribution in [0.25, 0.3) is 0 Å². The maximum Gasteiger partial charge on any atom is 0.0575 e. The summed E-state index contributed by atoms with van der Waals surface area (Å²) in [5, 5.41) is 0. The second-order valence-electron chi connectivity index (χ2n) is 7.75. The number of hydrogen-bond donors (Lipinski definition) is 1. The van der Waals surface area contributed by atoms with Gasteiger partial charge >= 0.3 is 0 Å². The van der Waals surface area contributed by atoms with Crippen molar-refractivity contribution in [1.29, 1.82) is 0 Å². The van der Waals surface area contributed by atoms with Gasteiger partial charge in [-0.2, -0.15) is 12.6 Å². The van der Waals surface area contributed by atoms with E-state index in [-0.39, 0.29) is 0 Å². The van der Waals surface area contributed by atoms with E-state index in [4.69, 9.17) is 4.74 Å². The molecule has 0 spiro atoms. The Bertz CT molecular complexity index is 256. The summed E-state index contributed by atoms with van der Waals surface area (Å²) in [5.74, 6) is 1.01. The minimum Gasteiger partial charge on any atom is -0.378 e. The van der Waals surface area contributed by atoms with Crippen molar-refractivity contribution in [2.45, 2.75) is 84.2 Å². The van der Waals surface area contributed by atoms with Crippen molar-refractivity contribution in [3.63, 3.8) is 0 Å². The summed E-state index contributed by atoms with van der Waals surface area (Å²) >= 11 is 4.64. The second kappa shape index (κ2) is 6.85. The molecule has 0 radical (unpaired) electrons. The summed E-state index contributed by atoms with van der Waals surface area (Å²) in [6.45, 7) is 5.75. The fraction of sp³-hybridized carbons (Fsp3) is 1.00. The monoisotopic (exact) mass is 284 g/mol. The van der Waals surface area contributed by atoms with Crippen LogP contribution < -0.4 is 0 Å². The Hall–Kier alpha value is 0.310. The zero-order valence-electron chi connectivity index (χ0n) is 12.9. The van der Waals surface area contributed by atoms with Gasteiger partial charge in [0, 0.05) is 5.41 Å². The van der Waals surface area contributed by atoms with Crippen molar-refractivity contribution in [3.8, 4) is 0 Å². The van der Waals surface area contributed by atoms with Crippen LogP contribution in [0.2, 0.25) is 0 Å². The van der Waals surface area contributed by atoms with E-state index < -0.39 is 0 Å². The Morgan fingerprint density at radius 1 is 0.947 bits per heavy atom. The van der Waals surface area contributed by atoms with Gasteiger partial charge in [-0.15, -0.1) is 0 Å². The summed E-state index contributed by atoms with van der Waals surface area (Å²) in [7, 11) is 0. The minimum absolute atomic E-state index is 0.382. The lowest BCUT2D eigenvalue weighted by molar-refractivity contribution is -0.0377. The number of rotatable bonds is 4. The molecule has 2 heteroatoms. The van der Waals surface area contributed by atoms with Gasteiger partial charge in [-0.3, -0.25) is 0 Å². The lowest BCUT2D eigenvalue weighted by Crippen LogP contribution is -2.33. The Balaban J connectivity index is 1.79. The molecule has 1 nitrogen and oxygen atoms in total. The molecule has 0 atom stereocenters. The van der Waals surface area contributed by atoms with E-state index in [1.807, 2.05) is 0 Å². The molecule has 0 N–H and O–H groups in total. The van der Waals surface area contributed by atoms with Gasteiger partial charge in [-0.1, -0.05) is 39.5 Å². The number of hydrogen-bond acceptors (Lipinski definition) is 2. The van der Waals surface area contributed by atoms with E-state index in [0.717, 1.165) is 12.4 Å². The van der Waals surface area contributed by atoms with Crippen LogP contribution in [-0.4, -0.2) is 18.5 Å². The highest BCUT2D eigenvalue weighted by Gasteiger charge is 2.33. The lowest BCUT2D eigenvalue weighted by atomic mass is 9.76. The maximum absolute atomic E-state index is 6.32. The van der Waals surface area contributed by atoms with Crippen molar-refractivity contribution in [3.05, 3.63) is 0 Å². The van der Waals surface area contributed by atoms with Gasteiger partial charge in [-0.05, 0) is 49.7 Å². The van der Waals surface area contributed by atoms with Gasteiger partial charge in [0.15, 0.2) is 0 Å². The van der Waals surface area contributed by atoms with Crippen molar-refractivity contribution < 1.29 is 4.74 Å². The fourth-order valence-corrected chi connectivity index (χ4v) is 4.07. The van der Waals surface area contributed by atoms with Gasteiger partial charge in [0.25, 0.3) is 0 Å². The van der Waals surface area contributed by atoms with Crippen LogP contribution in [0.15, 0.2) is 0 Å². The summed E-state index contributed by atoms with van der Waals surface area (Å²) in [6.07, 6.45) is 13.9. The molecule has 0 aliphatic heterocycles. The number of thiol groups is 1. The van der Waals surface area contributed by atoms with Crippen LogP contribution in [0.4, 0.5) is 0 Å². The van der Waals surface area contributed by atoms with Crippen LogP contribution in [0.3, 0.4) is 0 Å². The van der Waals surface area contributed by atoms with Crippen molar-refractivity contribution in [1.82, 2.24) is 0 Å². The summed E-state index contributed by atoms with van der Waals surface area (Å²) in [4.78, 5) is 0. The molecule has 0 aromatic heterocycles. The molecule has 2 aliphatic rings. The molecule has 0 amide bonds. The van der Waals surface area contributed by atoms with E-state index in [1.54, 1.807) is 0 Å². The van der Waals surface area contributed by atoms with Crippen molar-refractivity contribution >= 4 is 12.6 Å². The molecular formula is C17H32OS. The topological polar surface area (TPSA) is 9.23 Å². The minimum atomic E-state index is 0.382. The molecule has 0 aromatic rings. The normalized spacial score (nSPS) is 27.9. The molecule has 19 heavy (non-hydrogen) atoms. The van der Waals surface area contributed by atoms with E-state index in [1.165, 1.54) is 64.2 Å². The SMILES string of the molecule is CC1(C)CCC(OCC2(CS)CCCCCC2)CC1. The van der Waals surface area contributed by atoms with E-state index in [9.17, 15) is 0 Å². The molecule has 2 aliphatic carbocycles. The van der Waals surface area contributed by atoms with Crippen LogP contribution in [0.5, 0.6) is 0 Å². The molecule has 0 bridgehead atoms. The first kappa shape index (κ1) is 15.7. The molecule has 2 saturated carbocycles. The summed E-state index contributed by atoms with van der Waals surface area (Å²) in [6, 6.07) is 0. The molecule has 0 unspecified atom stereocenters. The standard InChI is InChI=1S/C17H32OS/c1-16(2)11-7-15(8-12-16)18-13-17(14-19)9-5-3-4-6-10-17/h15,19H,3-14H2,1-2H3. The van der Waals surface area contributed by atoms with Gasteiger partial charge in [0.2, 0.25) is 0 Å². The Labute approximate surface area is 125 Å². The van der Waals surface area contributed by atoms with Crippen LogP contribution in [0, 0.1) is 10.8 Å². The highest BCUT2D eigenvalue weighted by molar-refractivity contribution is 7.80. The average Bonchev–Trinajstić information content (AvgIpc) is 2.64. The van der Waals surface area contributed by atoms with Gasteiger partial charge < -0.3 is 4.74 Å². The predicted octanol–water partition coefficient (Wildman–Crippen LogP) is 5.24. The Morgan fingerprint density at radius 2 is 1.53 bits per heavy atom. The first-order chi connectivity index (χ1) is 9.05. The highest BCUT2D eigenvalue weighted by Crippen LogP contribution is 2.39. The second-order valence-corrected chi connectivity index (χ2v) is 8.06. The fourth-order valence-electron chi connectivity index (χ4n) is 3.66. The van der Waals surface area contributed by atoms with E-state index in [2.05, 4.69) is 26.5 Å². The average molecular weight is 285 g/mol. The van der Waals surface area contributed by atoms with Crippen LogP contribution in [-0.2, 0) is 4.74 Å². The third-order valence-electron chi connectivity index (χ3n) is 5.41. The number of ether oxygens (including phenoxy) is 1. The molecule has 0 heterocycles. The molecule has 2 fully saturated rings. The Morgan fingerprint density at radius 3 is 2.05 bits per heavy atom. The quantitative estimate of drug-likeness (QED) is 0.548. The zero-order valence-corrected chi connectivity index (χ0v) is 13.8. The largest absolute Gasteiger partial charge is 0.378 e. The van der Waals surface area contributed by atoms with Gasteiger partial charge in [-0.25, -0.2) is 0 Å². The van der Waals surface area contributed by atoms with Crippen LogP contribution in [0.1, 0.15) is 78.1 Å². The van der Waals surface area contributed by atoms with Crippen molar-refractivity contribution in [2.75, 3.05) is 12.4 Å². The first-order valence-electron chi connectivity index (χ1n) is 8.28. The summed E-state index contributed by atoms with van der Waals surface area (Å²) in [5.41, 5.74) is 0.927. The lowest BCUT2D eigenvalue weighted by Gasteiger charge is -2.37. The van der Waals surface area contributed by atoms with Gasteiger partial charge in [0.1, 0.15) is 0 Å². The van der Waals surface area contributed by atoms with E-state index >= 15 is 0 Å². The zero-order chi connectivity index (χ0) is 13.8. The predicted molar refractivity (Wildman–Crippen MR) is 86.0 cm³/mol. The Kier molecular flexibility index (Phi) is 5.65. The van der Waals surface area contributed by atoms with E-state index in [0.29, 0.717) is 16.9 Å². The third kappa shape index (κ3) is 4.67. The summed E-state index contributed by atoms with van der Waals surface area (Å²) < 4.78 is 6.32. The smallest absolute Gasteiger partial charge is 0.0575 e.